The second-order valence-corrected chi connectivity index (χ2v) is 9.06. The predicted octanol–water partition coefficient (Wildman–Crippen LogP) is 2.69. The van der Waals surface area contributed by atoms with Crippen molar-refractivity contribution in [3.8, 4) is 0 Å². The first-order chi connectivity index (χ1) is 14.9. The number of carbonyl (C=O) groups is 1. The molecule has 1 aliphatic carbocycles. The normalized spacial score (nSPS) is 25.8. The smallest absolute Gasteiger partial charge is 0.408 e. The van der Waals surface area contributed by atoms with Gasteiger partial charge in [-0.05, 0) is 63.6 Å². The quantitative estimate of drug-likeness (QED) is 0.677. The second-order valence-electron chi connectivity index (χ2n) is 9.06. The third kappa shape index (κ3) is 4.56. The molecule has 0 unspecified atom stereocenters. The van der Waals surface area contributed by atoms with Gasteiger partial charge in [0.15, 0.2) is 5.58 Å². The van der Waals surface area contributed by atoms with Gasteiger partial charge in [0, 0.05) is 37.3 Å². The number of nitrogens with two attached hydrogens (primary N) is 1. The van der Waals surface area contributed by atoms with Gasteiger partial charge in [0.25, 0.3) is 0 Å². The van der Waals surface area contributed by atoms with Crippen LogP contribution in [0.15, 0.2) is 27.4 Å². The lowest BCUT2D eigenvalue weighted by Crippen LogP contribution is -2.53. The fraction of sp³-hybridized carbons (Fsp3) is 0.652. The molecule has 2 heterocycles. The minimum atomic E-state index is -0.508. The van der Waals surface area contributed by atoms with E-state index >= 15 is 0 Å². The number of piperidine rings is 1. The lowest BCUT2D eigenvalue weighted by molar-refractivity contribution is -0.0419. The molecule has 0 atom stereocenters. The third-order valence-electron chi connectivity index (χ3n) is 7.14. The van der Waals surface area contributed by atoms with Gasteiger partial charge >= 0.3 is 5.76 Å². The summed E-state index contributed by atoms with van der Waals surface area (Å²) in [6, 6.07) is 4.97. The van der Waals surface area contributed by atoms with Crippen LogP contribution in [0.4, 0.5) is 0 Å². The number of rotatable bonds is 7. The number of hydrogen-bond acceptors (Lipinski definition) is 6. The first kappa shape index (κ1) is 22.0. The number of hydrogen-bond donors (Lipinski definition) is 1. The van der Waals surface area contributed by atoms with Crippen molar-refractivity contribution in [1.29, 1.82) is 0 Å². The lowest BCUT2D eigenvalue weighted by Gasteiger charge is -2.48. The van der Waals surface area contributed by atoms with E-state index in [0.717, 1.165) is 51.6 Å². The molecule has 0 radical (unpaired) electrons. The molecule has 2 aromatic rings. The van der Waals surface area contributed by atoms with E-state index in [9.17, 15) is 9.59 Å². The Hall–Kier alpha value is -2.16. The van der Waals surface area contributed by atoms with Crippen molar-refractivity contribution in [3.05, 3.63) is 34.3 Å². The van der Waals surface area contributed by atoms with Gasteiger partial charge in [0.2, 0.25) is 5.91 Å². The van der Waals surface area contributed by atoms with Gasteiger partial charge in [-0.2, -0.15) is 0 Å². The van der Waals surface area contributed by atoms with Crippen molar-refractivity contribution in [2.45, 2.75) is 63.1 Å². The van der Waals surface area contributed by atoms with Crippen LogP contribution in [0.5, 0.6) is 0 Å². The molecular formula is C23H33N3O5. The number of amides is 1. The van der Waals surface area contributed by atoms with Crippen molar-refractivity contribution in [2.75, 3.05) is 33.4 Å². The number of aromatic nitrogens is 1. The molecule has 2 N–H and O–H groups in total. The predicted molar refractivity (Wildman–Crippen MR) is 117 cm³/mol. The standard InChI is InChI=1S/C23H33N3O5/c1-23(9-5-18(6-10-23)30-14-13-29-2)25-11-7-17(8-12-25)26-19-15-16(21(24)27)3-4-20(19)31-22(26)28/h3-4,15,17-18H,5-14H2,1-2H3,(H2,24,27). The molecule has 170 valence electrons. The first-order valence-corrected chi connectivity index (χ1v) is 11.2. The highest BCUT2D eigenvalue weighted by atomic mass is 16.5. The Bertz CT molecular complexity index is 965. The van der Waals surface area contributed by atoms with Crippen LogP contribution in [-0.4, -0.2) is 60.4 Å². The maximum atomic E-state index is 12.6. The highest BCUT2D eigenvalue weighted by Crippen LogP contribution is 2.38. The van der Waals surface area contributed by atoms with Crippen LogP contribution in [0.3, 0.4) is 0 Å². The molecule has 0 spiro atoms. The van der Waals surface area contributed by atoms with E-state index in [2.05, 4.69) is 11.8 Å². The summed E-state index contributed by atoms with van der Waals surface area (Å²) in [6.07, 6.45) is 6.45. The molecule has 4 rings (SSSR count). The van der Waals surface area contributed by atoms with E-state index in [0.29, 0.717) is 36.0 Å². The van der Waals surface area contributed by atoms with Gasteiger partial charge in [0.1, 0.15) is 0 Å². The molecule has 1 aromatic heterocycles. The monoisotopic (exact) mass is 431 g/mol. The summed E-state index contributed by atoms with van der Waals surface area (Å²) in [5.41, 5.74) is 7.13. The highest BCUT2D eigenvalue weighted by molar-refractivity contribution is 5.95. The van der Waals surface area contributed by atoms with Gasteiger partial charge in [-0.1, -0.05) is 0 Å². The van der Waals surface area contributed by atoms with E-state index in [-0.39, 0.29) is 17.3 Å². The minimum Gasteiger partial charge on any atom is -0.408 e. The molecule has 1 saturated heterocycles. The zero-order valence-corrected chi connectivity index (χ0v) is 18.5. The Balaban J connectivity index is 1.40. The SMILES string of the molecule is COCCOC1CCC(C)(N2CCC(n3c(=O)oc4ccc(C(N)=O)cc43)CC2)CC1. The molecule has 2 fully saturated rings. The molecule has 2 aliphatic rings. The Kier molecular flexibility index (Phi) is 6.50. The molecule has 0 bridgehead atoms. The van der Waals surface area contributed by atoms with Gasteiger partial charge in [-0.25, -0.2) is 4.79 Å². The molecule has 1 aromatic carbocycles. The van der Waals surface area contributed by atoms with Gasteiger partial charge in [-0.3, -0.25) is 14.3 Å². The Labute approximate surface area is 182 Å². The number of fused-ring (bicyclic) bond motifs is 1. The summed E-state index contributed by atoms with van der Waals surface area (Å²) in [7, 11) is 1.70. The second kappa shape index (κ2) is 9.14. The average molecular weight is 432 g/mol. The largest absolute Gasteiger partial charge is 0.420 e. The van der Waals surface area contributed by atoms with Gasteiger partial charge in [0.05, 0.1) is 24.8 Å². The Morgan fingerprint density at radius 2 is 1.90 bits per heavy atom. The van der Waals surface area contributed by atoms with Crippen LogP contribution in [0.2, 0.25) is 0 Å². The summed E-state index contributed by atoms with van der Waals surface area (Å²) in [5, 5.41) is 0. The fourth-order valence-corrected chi connectivity index (χ4v) is 5.19. The molecule has 1 amide bonds. The highest BCUT2D eigenvalue weighted by Gasteiger charge is 2.38. The molecule has 1 saturated carbocycles. The molecular weight excluding hydrogens is 398 g/mol. The maximum Gasteiger partial charge on any atom is 0.420 e. The summed E-state index contributed by atoms with van der Waals surface area (Å²) >= 11 is 0. The minimum absolute atomic E-state index is 0.0606. The summed E-state index contributed by atoms with van der Waals surface area (Å²) in [6.45, 7) is 5.53. The van der Waals surface area contributed by atoms with Crippen LogP contribution < -0.4 is 11.5 Å². The number of likely N-dealkylation sites (tertiary alicyclic amines) is 1. The summed E-state index contributed by atoms with van der Waals surface area (Å²) in [4.78, 5) is 26.7. The number of oxazole rings is 1. The number of benzene rings is 1. The average Bonchev–Trinajstić information content (AvgIpc) is 3.10. The van der Waals surface area contributed by atoms with Crippen molar-refractivity contribution in [1.82, 2.24) is 9.47 Å². The van der Waals surface area contributed by atoms with Crippen LogP contribution in [0.25, 0.3) is 11.1 Å². The summed E-state index contributed by atoms with van der Waals surface area (Å²) in [5.74, 6) is -0.873. The van der Waals surface area contributed by atoms with Crippen LogP contribution in [-0.2, 0) is 9.47 Å². The van der Waals surface area contributed by atoms with Gasteiger partial charge in [-0.15, -0.1) is 0 Å². The van der Waals surface area contributed by atoms with E-state index in [1.807, 2.05) is 0 Å². The molecule has 31 heavy (non-hydrogen) atoms. The zero-order valence-electron chi connectivity index (χ0n) is 18.5. The molecule has 1 aliphatic heterocycles. The third-order valence-corrected chi connectivity index (χ3v) is 7.14. The number of nitrogens with zero attached hydrogens (tertiary/aromatic N) is 2. The number of primary amides is 1. The van der Waals surface area contributed by atoms with Crippen LogP contribution in [0, 0.1) is 0 Å². The van der Waals surface area contributed by atoms with E-state index in [4.69, 9.17) is 19.6 Å². The van der Waals surface area contributed by atoms with Crippen molar-refractivity contribution in [3.63, 3.8) is 0 Å². The number of ether oxygens (including phenoxy) is 2. The van der Waals surface area contributed by atoms with Gasteiger partial charge < -0.3 is 19.6 Å². The fourth-order valence-electron chi connectivity index (χ4n) is 5.19. The lowest BCUT2D eigenvalue weighted by atomic mass is 9.79. The topological polar surface area (TPSA) is 99.9 Å². The Morgan fingerprint density at radius 1 is 1.19 bits per heavy atom. The Morgan fingerprint density at radius 3 is 2.55 bits per heavy atom. The summed E-state index contributed by atoms with van der Waals surface area (Å²) < 4.78 is 18.1. The zero-order chi connectivity index (χ0) is 22.0. The number of methoxy groups -OCH3 is 1. The van der Waals surface area contributed by atoms with Crippen LogP contribution in [0.1, 0.15) is 61.8 Å². The van der Waals surface area contributed by atoms with E-state index < -0.39 is 5.91 Å². The first-order valence-electron chi connectivity index (χ1n) is 11.2. The number of carbonyl (C=O) groups excluding carboxylic acids is 1. The van der Waals surface area contributed by atoms with Crippen molar-refractivity contribution < 1.29 is 18.7 Å². The van der Waals surface area contributed by atoms with E-state index in [1.54, 1.807) is 29.9 Å². The maximum absolute atomic E-state index is 12.6. The molecule has 8 nitrogen and oxygen atoms in total. The van der Waals surface area contributed by atoms with Crippen LogP contribution >= 0.6 is 0 Å². The van der Waals surface area contributed by atoms with Crippen molar-refractivity contribution in [2.24, 2.45) is 5.73 Å². The van der Waals surface area contributed by atoms with E-state index in [1.165, 1.54) is 0 Å². The van der Waals surface area contributed by atoms with Crippen molar-refractivity contribution >= 4 is 17.0 Å². The molecule has 8 heteroatoms.